The third-order valence-electron chi connectivity index (χ3n) is 5.23. The predicted molar refractivity (Wildman–Crippen MR) is 123 cm³/mol. The van der Waals surface area contributed by atoms with Crippen molar-refractivity contribution in [2.24, 2.45) is 0 Å². The number of fused-ring (bicyclic) bond motifs is 1. The molecule has 0 fully saturated rings. The van der Waals surface area contributed by atoms with Gasteiger partial charge >= 0.3 is 5.97 Å². The molecule has 1 atom stereocenters. The lowest BCUT2D eigenvalue weighted by Crippen LogP contribution is -2.24. The van der Waals surface area contributed by atoms with E-state index in [-0.39, 0.29) is 5.69 Å². The van der Waals surface area contributed by atoms with Crippen LogP contribution in [0.4, 0.5) is 0 Å². The maximum atomic E-state index is 12.0. The van der Waals surface area contributed by atoms with Crippen molar-refractivity contribution in [2.45, 2.75) is 44.4 Å². The van der Waals surface area contributed by atoms with Crippen LogP contribution in [0.2, 0.25) is 0 Å². The van der Waals surface area contributed by atoms with Crippen molar-refractivity contribution in [1.82, 2.24) is 14.5 Å². The van der Waals surface area contributed by atoms with Crippen LogP contribution < -0.4 is 9.47 Å². The number of carbonyl (C=O) groups is 1. The average Bonchev–Trinajstić information content (AvgIpc) is 3.44. The average molecular weight is 454 g/mol. The molecule has 1 unspecified atom stereocenters. The van der Waals surface area contributed by atoms with E-state index in [2.05, 4.69) is 40.5 Å². The van der Waals surface area contributed by atoms with Crippen molar-refractivity contribution in [3.63, 3.8) is 0 Å². The minimum absolute atomic E-state index is 0.192. The lowest BCUT2D eigenvalue weighted by atomic mass is 9.96. The first-order valence-electron chi connectivity index (χ1n) is 10.6. The van der Waals surface area contributed by atoms with Gasteiger partial charge in [-0.05, 0) is 48.0 Å². The van der Waals surface area contributed by atoms with E-state index in [0.717, 1.165) is 22.8 Å². The molecule has 2 heterocycles. The molecule has 0 saturated carbocycles. The molecule has 168 valence electrons. The van der Waals surface area contributed by atoms with Crippen LogP contribution in [0.5, 0.6) is 11.6 Å². The van der Waals surface area contributed by atoms with E-state index in [0.29, 0.717) is 18.4 Å². The highest BCUT2D eigenvalue weighted by Crippen LogP contribution is 2.46. The molecule has 8 heteroatoms. The van der Waals surface area contributed by atoms with E-state index in [1.807, 2.05) is 30.3 Å². The lowest BCUT2D eigenvalue weighted by Gasteiger charge is -2.26. The standard InChI is InChI=1S/C24H27N3O4S/c1-5-30-24(28)20-13-22(26-25-20)31-23(16-9-7-6-8-10-16)27-14-19-18(15(2)3)11-17(29-4)12-21(19)32-27/h6-13,15,23H,5,14H2,1-4H3,(H,25,26). The van der Waals surface area contributed by atoms with Crippen LogP contribution in [0, 0.1) is 0 Å². The second-order valence-corrected chi connectivity index (χ2v) is 8.82. The summed E-state index contributed by atoms with van der Waals surface area (Å²) in [6, 6.07) is 15.8. The fraction of sp³-hybridized carbons (Fsp3) is 0.333. The number of ether oxygens (including phenoxy) is 3. The molecule has 7 nitrogen and oxygen atoms in total. The molecule has 0 radical (unpaired) electrons. The quantitative estimate of drug-likeness (QED) is 0.365. The van der Waals surface area contributed by atoms with Gasteiger partial charge in [0, 0.05) is 23.1 Å². The fourth-order valence-electron chi connectivity index (χ4n) is 3.67. The normalized spacial score (nSPS) is 14.3. The third-order valence-corrected chi connectivity index (χ3v) is 6.34. The number of hydrogen-bond donors (Lipinski definition) is 1. The molecular formula is C24H27N3O4S. The van der Waals surface area contributed by atoms with Gasteiger partial charge in [0.05, 0.1) is 13.7 Å². The molecule has 4 rings (SSSR count). The Labute approximate surface area is 192 Å². The summed E-state index contributed by atoms with van der Waals surface area (Å²) in [7, 11) is 1.69. The highest BCUT2D eigenvalue weighted by atomic mass is 32.2. The van der Waals surface area contributed by atoms with Crippen LogP contribution in [0.1, 0.15) is 60.1 Å². The summed E-state index contributed by atoms with van der Waals surface area (Å²) in [5, 5.41) is 6.85. The topological polar surface area (TPSA) is 76.7 Å². The Morgan fingerprint density at radius 3 is 2.69 bits per heavy atom. The first-order valence-corrected chi connectivity index (χ1v) is 11.4. The van der Waals surface area contributed by atoms with Crippen molar-refractivity contribution in [3.05, 3.63) is 70.9 Å². The number of aromatic nitrogens is 2. The number of rotatable bonds is 8. The molecule has 0 bridgehead atoms. The zero-order valence-electron chi connectivity index (χ0n) is 18.6. The first-order chi connectivity index (χ1) is 15.5. The SMILES string of the molecule is CCOC(=O)c1cc(OC(c2ccccc2)N2Cc3c(cc(OC)cc3C(C)C)S2)[nH]n1. The van der Waals surface area contributed by atoms with Gasteiger partial charge in [0.2, 0.25) is 5.88 Å². The van der Waals surface area contributed by atoms with Gasteiger partial charge in [-0.2, -0.15) is 5.10 Å². The first kappa shape index (κ1) is 22.2. The molecule has 1 aliphatic heterocycles. The van der Waals surface area contributed by atoms with Gasteiger partial charge in [-0.1, -0.05) is 44.2 Å². The number of nitrogens with one attached hydrogen (secondary N) is 1. The molecule has 0 amide bonds. The number of hydrogen-bond acceptors (Lipinski definition) is 7. The maximum Gasteiger partial charge on any atom is 0.358 e. The minimum atomic E-state index is -0.480. The van der Waals surface area contributed by atoms with Crippen molar-refractivity contribution in [1.29, 1.82) is 0 Å². The zero-order chi connectivity index (χ0) is 22.7. The molecule has 0 saturated heterocycles. The Balaban J connectivity index is 1.64. The van der Waals surface area contributed by atoms with Crippen LogP contribution in [0.3, 0.4) is 0 Å². The monoisotopic (exact) mass is 453 g/mol. The lowest BCUT2D eigenvalue weighted by molar-refractivity contribution is 0.0519. The second kappa shape index (κ2) is 9.67. The number of H-pyrrole nitrogens is 1. The van der Waals surface area contributed by atoms with Crippen LogP contribution in [0.25, 0.3) is 0 Å². The van der Waals surface area contributed by atoms with E-state index in [1.54, 1.807) is 32.0 Å². The minimum Gasteiger partial charge on any atom is -0.497 e. The van der Waals surface area contributed by atoms with Crippen LogP contribution in [-0.4, -0.2) is 34.2 Å². The van der Waals surface area contributed by atoms with Gasteiger partial charge < -0.3 is 14.2 Å². The molecule has 1 aromatic heterocycles. The Kier molecular flexibility index (Phi) is 6.72. The molecule has 1 N–H and O–H groups in total. The molecule has 0 aliphatic carbocycles. The van der Waals surface area contributed by atoms with Crippen molar-refractivity contribution < 1.29 is 19.0 Å². The van der Waals surface area contributed by atoms with Crippen LogP contribution in [0.15, 0.2) is 53.4 Å². The van der Waals surface area contributed by atoms with Gasteiger partial charge in [-0.3, -0.25) is 0 Å². The van der Waals surface area contributed by atoms with Crippen molar-refractivity contribution in [3.8, 4) is 11.6 Å². The van der Waals surface area contributed by atoms with E-state index >= 15 is 0 Å². The van der Waals surface area contributed by atoms with Gasteiger partial charge in [-0.15, -0.1) is 0 Å². The van der Waals surface area contributed by atoms with E-state index in [9.17, 15) is 4.79 Å². The Bertz CT molecular complexity index is 1080. The summed E-state index contributed by atoms with van der Waals surface area (Å²) >= 11 is 1.64. The Morgan fingerprint density at radius 1 is 1.22 bits per heavy atom. The van der Waals surface area contributed by atoms with Gasteiger partial charge in [0.25, 0.3) is 0 Å². The third kappa shape index (κ3) is 4.61. The highest BCUT2D eigenvalue weighted by Gasteiger charge is 2.33. The zero-order valence-corrected chi connectivity index (χ0v) is 19.4. The van der Waals surface area contributed by atoms with Gasteiger partial charge in [0.1, 0.15) is 5.75 Å². The largest absolute Gasteiger partial charge is 0.497 e. The summed E-state index contributed by atoms with van der Waals surface area (Å²) < 4.78 is 19.1. The summed E-state index contributed by atoms with van der Waals surface area (Å²) in [6.45, 7) is 7.15. The summed E-state index contributed by atoms with van der Waals surface area (Å²) in [5.74, 6) is 1.15. The summed E-state index contributed by atoms with van der Waals surface area (Å²) in [4.78, 5) is 13.2. The molecule has 0 spiro atoms. The molecule has 3 aromatic rings. The van der Waals surface area contributed by atoms with E-state index in [1.165, 1.54) is 11.1 Å². The van der Waals surface area contributed by atoms with Crippen molar-refractivity contribution >= 4 is 17.9 Å². The number of aromatic amines is 1. The molecular weight excluding hydrogens is 426 g/mol. The summed E-state index contributed by atoms with van der Waals surface area (Å²) in [6.07, 6.45) is -0.393. The van der Waals surface area contributed by atoms with Gasteiger partial charge in [0.15, 0.2) is 11.9 Å². The number of carbonyl (C=O) groups excluding carboxylic acids is 1. The highest BCUT2D eigenvalue weighted by molar-refractivity contribution is 7.97. The molecule has 1 aliphatic rings. The number of nitrogens with zero attached hydrogens (tertiary/aromatic N) is 2. The number of benzene rings is 2. The number of esters is 1. The predicted octanol–water partition coefficient (Wildman–Crippen LogP) is 5.32. The van der Waals surface area contributed by atoms with Gasteiger partial charge in [-0.25, -0.2) is 14.2 Å². The van der Waals surface area contributed by atoms with E-state index < -0.39 is 12.2 Å². The fourth-order valence-corrected chi connectivity index (χ4v) is 4.84. The van der Waals surface area contributed by atoms with Crippen molar-refractivity contribution in [2.75, 3.05) is 13.7 Å². The molecule has 2 aromatic carbocycles. The van der Waals surface area contributed by atoms with Crippen LogP contribution in [-0.2, 0) is 11.3 Å². The maximum absolute atomic E-state index is 12.0. The number of methoxy groups -OCH3 is 1. The Morgan fingerprint density at radius 2 is 2.00 bits per heavy atom. The Hall–Kier alpha value is -2.97. The summed E-state index contributed by atoms with van der Waals surface area (Å²) in [5.41, 5.74) is 3.75. The smallest absolute Gasteiger partial charge is 0.358 e. The molecule has 32 heavy (non-hydrogen) atoms. The second-order valence-electron chi connectivity index (χ2n) is 7.73. The van der Waals surface area contributed by atoms with E-state index in [4.69, 9.17) is 14.2 Å². The van der Waals surface area contributed by atoms with Crippen LogP contribution >= 0.6 is 11.9 Å².